The average molecular weight is 208 g/mol. The van der Waals surface area contributed by atoms with Crippen LogP contribution in [-0.4, -0.2) is 11.5 Å². The van der Waals surface area contributed by atoms with Crippen LogP contribution >= 0.6 is 0 Å². The highest BCUT2D eigenvalue weighted by molar-refractivity contribution is 5.05. The van der Waals surface area contributed by atoms with Gasteiger partial charge in [0, 0.05) is 5.92 Å². The number of nitrogens with one attached hydrogen (secondary N) is 1. The van der Waals surface area contributed by atoms with E-state index >= 15 is 0 Å². The quantitative estimate of drug-likeness (QED) is 0.826. The summed E-state index contributed by atoms with van der Waals surface area (Å²) >= 11 is 0. The molecule has 1 N–H and O–H groups in total. The predicted molar refractivity (Wildman–Crippen MR) is 59.8 cm³/mol. The Kier molecular flexibility index (Phi) is 3.41. The largest absolute Gasteiger partial charge is 0.444 e. The lowest BCUT2D eigenvalue weighted by atomic mass is 10.1. The van der Waals surface area contributed by atoms with Gasteiger partial charge in [-0.25, -0.2) is 4.98 Å². The molecule has 15 heavy (non-hydrogen) atoms. The first-order chi connectivity index (χ1) is 7.31. The molecule has 0 aliphatic heterocycles. The second kappa shape index (κ2) is 4.79. The molecule has 0 spiro atoms. The van der Waals surface area contributed by atoms with E-state index in [1.54, 1.807) is 0 Å². The van der Waals surface area contributed by atoms with E-state index in [1.807, 2.05) is 6.20 Å². The van der Waals surface area contributed by atoms with E-state index in [4.69, 9.17) is 4.42 Å². The molecule has 3 nitrogen and oxygen atoms in total. The van der Waals surface area contributed by atoms with Crippen molar-refractivity contribution in [2.24, 2.45) is 0 Å². The van der Waals surface area contributed by atoms with Crippen LogP contribution < -0.4 is 5.32 Å². The molecule has 0 radical (unpaired) electrons. The van der Waals surface area contributed by atoms with Gasteiger partial charge in [-0.2, -0.15) is 0 Å². The first kappa shape index (κ1) is 10.7. The molecular formula is C12H20N2O. The zero-order valence-corrected chi connectivity index (χ0v) is 9.62. The summed E-state index contributed by atoms with van der Waals surface area (Å²) in [6.07, 6.45) is 7.13. The highest BCUT2D eigenvalue weighted by Gasteiger charge is 2.22. The molecule has 1 aromatic rings. The fourth-order valence-electron chi connectivity index (χ4n) is 2.29. The summed E-state index contributed by atoms with van der Waals surface area (Å²) in [5, 5.41) is 3.31. The van der Waals surface area contributed by atoms with Crippen molar-refractivity contribution in [2.45, 2.75) is 51.5 Å². The third-order valence-electron chi connectivity index (χ3n) is 3.18. The predicted octanol–water partition coefficient (Wildman–Crippen LogP) is 3.00. The summed E-state index contributed by atoms with van der Waals surface area (Å²) in [6, 6.07) is 0.227. The van der Waals surface area contributed by atoms with Gasteiger partial charge in [0.2, 0.25) is 5.89 Å². The molecule has 0 bridgehead atoms. The van der Waals surface area contributed by atoms with Crippen molar-refractivity contribution in [1.29, 1.82) is 0 Å². The number of nitrogens with zero attached hydrogens (tertiary/aromatic N) is 1. The van der Waals surface area contributed by atoms with Crippen molar-refractivity contribution in [3.63, 3.8) is 0 Å². The molecular weight excluding hydrogens is 188 g/mol. The molecule has 1 fully saturated rings. The maximum Gasteiger partial charge on any atom is 0.211 e. The molecule has 3 heteroatoms. The molecule has 1 aliphatic carbocycles. The van der Waals surface area contributed by atoms with E-state index in [0.717, 1.165) is 18.2 Å². The Balaban J connectivity index is 2.02. The molecule has 1 heterocycles. The zero-order valence-electron chi connectivity index (χ0n) is 9.62. The van der Waals surface area contributed by atoms with Crippen LogP contribution in [0.2, 0.25) is 0 Å². The molecule has 1 unspecified atom stereocenters. The van der Waals surface area contributed by atoms with E-state index < -0.39 is 0 Å². The summed E-state index contributed by atoms with van der Waals surface area (Å²) in [5.41, 5.74) is 0. The molecule has 1 atom stereocenters. The van der Waals surface area contributed by atoms with Crippen LogP contribution in [0.3, 0.4) is 0 Å². The van der Waals surface area contributed by atoms with Gasteiger partial charge in [0.05, 0.1) is 12.2 Å². The summed E-state index contributed by atoms with van der Waals surface area (Å²) in [4.78, 5) is 4.35. The minimum atomic E-state index is 0.227. The third kappa shape index (κ3) is 2.40. The van der Waals surface area contributed by atoms with Gasteiger partial charge in [-0.1, -0.05) is 19.8 Å². The van der Waals surface area contributed by atoms with Crippen molar-refractivity contribution in [2.75, 3.05) is 6.54 Å². The number of oxazole rings is 1. The maximum atomic E-state index is 5.81. The lowest BCUT2D eigenvalue weighted by molar-refractivity contribution is 0.381. The second-order valence-electron chi connectivity index (χ2n) is 4.36. The van der Waals surface area contributed by atoms with E-state index in [-0.39, 0.29) is 6.04 Å². The van der Waals surface area contributed by atoms with Crippen LogP contribution in [0.15, 0.2) is 10.6 Å². The van der Waals surface area contributed by atoms with Crippen molar-refractivity contribution in [3.8, 4) is 0 Å². The molecule has 84 valence electrons. The van der Waals surface area contributed by atoms with E-state index in [9.17, 15) is 0 Å². The molecule has 1 aliphatic rings. The average Bonchev–Trinajstić information content (AvgIpc) is 2.89. The smallest absolute Gasteiger partial charge is 0.211 e. The Labute approximate surface area is 91.3 Å². The first-order valence-electron chi connectivity index (χ1n) is 6.00. The third-order valence-corrected chi connectivity index (χ3v) is 3.18. The topological polar surface area (TPSA) is 38.1 Å². The fourth-order valence-corrected chi connectivity index (χ4v) is 2.29. The van der Waals surface area contributed by atoms with Crippen LogP contribution in [0.4, 0.5) is 0 Å². The van der Waals surface area contributed by atoms with E-state index in [0.29, 0.717) is 5.92 Å². The summed E-state index contributed by atoms with van der Waals surface area (Å²) in [5.74, 6) is 2.55. The van der Waals surface area contributed by atoms with E-state index in [1.165, 1.54) is 25.7 Å². The van der Waals surface area contributed by atoms with Crippen molar-refractivity contribution >= 4 is 0 Å². The SMILES string of the molecule is CCNC(C)c1ncc(C2CCCC2)o1. The lowest BCUT2D eigenvalue weighted by Gasteiger charge is -2.08. The summed E-state index contributed by atoms with van der Waals surface area (Å²) in [7, 11) is 0. The number of rotatable bonds is 4. The lowest BCUT2D eigenvalue weighted by Crippen LogP contribution is -2.17. The van der Waals surface area contributed by atoms with Gasteiger partial charge in [0.15, 0.2) is 0 Å². The monoisotopic (exact) mass is 208 g/mol. The van der Waals surface area contributed by atoms with Crippen LogP contribution in [0.1, 0.15) is 63.1 Å². The second-order valence-corrected chi connectivity index (χ2v) is 4.36. The molecule has 0 amide bonds. The number of hydrogen-bond donors (Lipinski definition) is 1. The molecule has 1 saturated carbocycles. The maximum absolute atomic E-state index is 5.81. The minimum absolute atomic E-state index is 0.227. The van der Waals surface area contributed by atoms with Crippen molar-refractivity contribution < 1.29 is 4.42 Å². The molecule has 2 rings (SSSR count). The van der Waals surface area contributed by atoms with Crippen LogP contribution in [0.5, 0.6) is 0 Å². The Morgan fingerprint density at radius 3 is 2.93 bits per heavy atom. The Morgan fingerprint density at radius 2 is 2.27 bits per heavy atom. The standard InChI is InChI=1S/C12H20N2O/c1-3-13-9(2)12-14-8-11(15-12)10-6-4-5-7-10/h8-10,13H,3-7H2,1-2H3. The van der Waals surface area contributed by atoms with Gasteiger partial charge in [-0.15, -0.1) is 0 Å². The summed E-state index contributed by atoms with van der Waals surface area (Å²) < 4.78 is 5.81. The first-order valence-corrected chi connectivity index (χ1v) is 6.00. The zero-order chi connectivity index (χ0) is 10.7. The molecule has 0 saturated heterocycles. The molecule has 0 aromatic carbocycles. The normalized spacial score (nSPS) is 19.6. The number of aromatic nitrogens is 1. The Hall–Kier alpha value is -0.830. The summed E-state index contributed by atoms with van der Waals surface area (Å²) in [6.45, 7) is 5.13. The molecule has 1 aromatic heterocycles. The Morgan fingerprint density at radius 1 is 1.53 bits per heavy atom. The van der Waals surface area contributed by atoms with Crippen molar-refractivity contribution in [1.82, 2.24) is 10.3 Å². The Bertz CT molecular complexity index is 302. The van der Waals surface area contributed by atoms with Crippen LogP contribution in [0, 0.1) is 0 Å². The minimum Gasteiger partial charge on any atom is -0.444 e. The highest BCUT2D eigenvalue weighted by Crippen LogP contribution is 2.34. The van der Waals surface area contributed by atoms with Crippen molar-refractivity contribution in [3.05, 3.63) is 17.8 Å². The van der Waals surface area contributed by atoms with Crippen LogP contribution in [-0.2, 0) is 0 Å². The van der Waals surface area contributed by atoms with Gasteiger partial charge < -0.3 is 9.73 Å². The highest BCUT2D eigenvalue weighted by atomic mass is 16.4. The van der Waals surface area contributed by atoms with Crippen LogP contribution in [0.25, 0.3) is 0 Å². The van der Waals surface area contributed by atoms with Gasteiger partial charge in [0.25, 0.3) is 0 Å². The van der Waals surface area contributed by atoms with Gasteiger partial charge in [-0.05, 0) is 26.3 Å². The van der Waals surface area contributed by atoms with Gasteiger partial charge in [0.1, 0.15) is 5.76 Å². The fraction of sp³-hybridized carbons (Fsp3) is 0.750. The van der Waals surface area contributed by atoms with E-state index in [2.05, 4.69) is 24.1 Å². The number of hydrogen-bond acceptors (Lipinski definition) is 3. The van der Waals surface area contributed by atoms with Gasteiger partial charge >= 0.3 is 0 Å². The van der Waals surface area contributed by atoms with Gasteiger partial charge in [-0.3, -0.25) is 0 Å².